The molecule has 0 aliphatic carbocycles. The van der Waals surface area contributed by atoms with Gasteiger partial charge in [-0.3, -0.25) is 14.3 Å². The number of nitrogens with one attached hydrogen (secondary N) is 1. The van der Waals surface area contributed by atoms with E-state index in [1.54, 1.807) is 20.8 Å². The minimum Gasteiger partial charge on any atom is -0.443 e. The normalized spacial score (nSPS) is 15.6. The molecule has 1 fully saturated rings. The molecule has 0 saturated carbocycles. The highest BCUT2D eigenvalue weighted by molar-refractivity contribution is 5.97. The van der Waals surface area contributed by atoms with E-state index in [0.717, 1.165) is 46.2 Å². The van der Waals surface area contributed by atoms with Crippen molar-refractivity contribution >= 4 is 51.5 Å². The lowest BCUT2D eigenvalue weighted by Gasteiger charge is -2.39. The second-order valence-electron chi connectivity index (χ2n) is 12.9. The van der Waals surface area contributed by atoms with Crippen molar-refractivity contribution in [1.29, 1.82) is 0 Å². The van der Waals surface area contributed by atoms with Gasteiger partial charge in [-0.1, -0.05) is 0 Å². The first-order valence-electron chi connectivity index (χ1n) is 15.4. The van der Waals surface area contributed by atoms with Crippen molar-refractivity contribution in [3.63, 3.8) is 0 Å². The lowest BCUT2D eigenvalue weighted by atomic mass is 10.1. The zero-order valence-corrected chi connectivity index (χ0v) is 27.2. The van der Waals surface area contributed by atoms with Gasteiger partial charge in [0.05, 0.1) is 11.1 Å². The van der Waals surface area contributed by atoms with Gasteiger partial charge in [-0.15, -0.1) is 0 Å². The number of rotatable bonds is 4. The Hall–Kier alpha value is -4.85. The maximum atomic E-state index is 16.3. The number of nitrogens with zero attached hydrogens (tertiary/aromatic N) is 7. The first-order valence-corrected chi connectivity index (χ1v) is 15.4. The number of ether oxygens (including phenoxy) is 1. The molecule has 0 atom stereocenters. The Kier molecular flexibility index (Phi) is 8.24. The Morgan fingerprint density at radius 1 is 0.915 bits per heavy atom. The molecule has 4 aromatic rings. The molecule has 248 valence electrons. The average Bonchev–Trinajstić information content (AvgIpc) is 3.02. The average molecular weight is 651 g/mol. The largest absolute Gasteiger partial charge is 0.443 e. The van der Waals surface area contributed by atoms with Gasteiger partial charge in [0.2, 0.25) is 5.95 Å². The molecule has 14 heteroatoms. The summed E-state index contributed by atoms with van der Waals surface area (Å²) in [7, 11) is 3.53. The third-order valence-corrected chi connectivity index (χ3v) is 8.42. The van der Waals surface area contributed by atoms with Crippen molar-refractivity contribution in [1.82, 2.24) is 19.4 Å². The summed E-state index contributed by atoms with van der Waals surface area (Å²) in [4.78, 5) is 42.4. The number of carbonyl (C=O) groups is 1. The molecule has 0 bridgehead atoms. The molecular weight excluding hydrogens is 613 g/mol. The third-order valence-electron chi connectivity index (χ3n) is 8.42. The fourth-order valence-electron chi connectivity index (χ4n) is 5.93. The number of halogens is 3. The second-order valence-corrected chi connectivity index (χ2v) is 12.9. The van der Waals surface area contributed by atoms with Crippen LogP contribution >= 0.6 is 0 Å². The number of fused-ring (bicyclic) bond motifs is 2. The summed E-state index contributed by atoms with van der Waals surface area (Å²) >= 11 is 0. The van der Waals surface area contributed by atoms with E-state index in [2.05, 4.69) is 32.1 Å². The van der Waals surface area contributed by atoms with E-state index >= 15 is 8.78 Å². The van der Waals surface area contributed by atoms with Crippen LogP contribution in [-0.2, 0) is 11.8 Å². The monoisotopic (exact) mass is 650 g/mol. The van der Waals surface area contributed by atoms with Crippen molar-refractivity contribution in [3.8, 4) is 0 Å². The second kappa shape index (κ2) is 12.1. The van der Waals surface area contributed by atoms with Crippen molar-refractivity contribution in [2.75, 3.05) is 66.3 Å². The minimum atomic E-state index is -1.06. The molecule has 1 N–H and O–H groups in total. The molecule has 2 aliphatic heterocycles. The molecule has 0 spiro atoms. The van der Waals surface area contributed by atoms with Gasteiger partial charge in [-0.05, 0) is 59.0 Å². The number of hydrogen-bond acceptors (Lipinski definition) is 9. The van der Waals surface area contributed by atoms with Crippen LogP contribution in [0.25, 0.3) is 11.0 Å². The quantitative estimate of drug-likeness (QED) is 0.310. The number of hydrogen-bond donors (Lipinski definition) is 1. The van der Waals surface area contributed by atoms with E-state index in [1.165, 1.54) is 20.2 Å². The van der Waals surface area contributed by atoms with Gasteiger partial charge in [0, 0.05) is 75.5 Å². The van der Waals surface area contributed by atoms with Crippen molar-refractivity contribution in [2.24, 2.45) is 7.05 Å². The number of piperazine rings is 1. The van der Waals surface area contributed by atoms with Crippen LogP contribution in [0.4, 0.5) is 52.4 Å². The van der Waals surface area contributed by atoms with Crippen LogP contribution in [0.3, 0.4) is 0 Å². The summed E-state index contributed by atoms with van der Waals surface area (Å²) in [5, 5.41) is 3.03. The van der Waals surface area contributed by atoms with Crippen LogP contribution in [0.15, 0.2) is 41.3 Å². The smallest absolute Gasteiger partial charge is 0.414 e. The number of carbonyl (C=O) groups excluding carboxylic acids is 1. The summed E-state index contributed by atoms with van der Waals surface area (Å²) in [5.74, 6) is -2.78. The number of pyridine rings is 1. The van der Waals surface area contributed by atoms with Crippen LogP contribution in [0.5, 0.6) is 0 Å². The fourth-order valence-corrected chi connectivity index (χ4v) is 5.93. The molecule has 2 aromatic heterocycles. The molecule has 6 rings (SSSR count). The Morgan fingerprint density at radius 2 is 1.60 bits per heavy atom. The van der Waals surface area contributed by atoms with E-state index in [4.69, 9.17) is 4.74 Å². The predicted molar refractivity (Wildman–Crippen MR) is 176 cm³/mol. The van der Waals surface area contributed by atoms with E-state index < -0.39 is 40.4 Å². The lowest BCUT2D eigenvalue weighted by Crippen LogP contribution is -2.47. The van der Waals surface area contributed by atoms with Crippen LogP contribution in [0.2, 0.25) is 0 Å². The van der Waals surface area contributed by atoms with Gasteiger partial charge in [0.15, 0.2) is 17.3 Å². The molecular formula is C33H37F3N8O3. The maximum Gasteiger partial charge on any atom is 0.414 e. The van der Waals surface area contributed by atoms with Gasteiger partial charge < -0.3 is 24.8 Å². The third kappa shape index (κ3) is 6.04. The van der Waals surface area contributed by atoms with Crippen LogP contribution in [0.1, 0.15) is 26.3 Å². The number of benzene rings is 2. The first-order chi connectivity index (χ1) is 22.2. The minimum absolute atomic E-state index is 0.0196. The molecule has 2 aliphatic rings. The van der Waals surface area contributed by atoms with E-state index in [9.17, 15) is 14.0 Å². The summed E-state index contributed by atoms with van der Waals surface area (Å²) < 4.78 is 53.3. The van der Waals surface area contributed by atoms with Crippen LogP contribution in [0, 0.1) is 24.4 Å². The zero-order valence-electron chi connectivity index (χ0n) is 27.2. The van der Waals surface area contributed by atoms with Gasteiger partial charge >= 0.3 is 6.09 Å². The fraction of sp³-hybridized carbons (Fsp3) is 0.394. The molecule has 1 saturated heterocycles. The molecule has 47 heavy (non-hydrogen) atoms. The number of anilines is 6. The van der Waals surface area contributed by atoms with E-state index in [1.807, 2.05) is 24.3 Å². The number of amides is 1. The topological polar surface area (TPSA) is 99.1 Å². The molecule has 2 aromatic carbocycles. The Labute approximate surface area is 270 Å². The Morgan fingerprint density at radius 3 is 2.26 bits per heavy atom. The predicted octanol–water partition coefficient (Wildman–Crippen LogP) is 5.44. The molecule has 0 unspecified atom stereocenters. The van der Waals surface area contributed by atoms with E-state index in [0.29, 0.717) is 11.8 Å². The van der Waals surface area contributed by atoms with Crippen LogP contribution < -0.4 is 25.6 Å². The maximum absolute atomic E-state index is 16.3. The van der Waals surface area contributed by atoms with Crippen molar-refractivity contribution < 1.29 is 22.7 Å². The van der Waals surface area contributed by atoms with Gasteiger partial charge in [-0.2, -0.15) is 4.98 Å². The summed E-state index contributed by atoms with van der Waals surface area (Å²) in [6.07, 6.45) is 0.437. The van der Waals surface area contributed by atoms with Gasteiger partial charge in [0.1, 0.15) is 22.8 Å². The number of aryl methyl sites for hydroxylation is 1. The highest BCUT2D eigenvalue weighted by Crippen LogP contribution is 2.44. The van der Waals surface area contributed by atoms with Gasteiger partial charge in [0.25, 0.3) is 5.56 Å². The highest BCUT2D eigenvalue weighted by atomic mass is 19.1. The summed E-state index contributed by atoms with van der Waals surface area (Å²) in [6, 6.07) is 8.46. The Balaban J connectivity index is 1.34. The molecule has 4 heterocycles. The van der Waals surface area contributed by atoms with Crippen molar-refractivity contribution in [3.05, 3.63) is 69.9 Å². The zero-order chi connectivity index (χ0) is 33.8. The molecule has 1 amide bonds. The number of aromatic nitrogens is 3. The first kappa shape index (κ1) is 32.1. The SMILES string of the molecule is Cc1c(F)cc(F)c2c1N(C(=O)OC(C)(C)C)CCN2c1c(F)c2cnc(Nc3ccc(N4CCN(C)CC4)cc3)nc2n(C)c1=O. The standard InChI is InChI=1S/C33H37F3N8O3/c1-19-23(34)17-24(35)27-26(19)44(32(46)47-33(2,3)4)16-15-43(27)28-25(36)22-18-37-31(39-29(22)41(6)30(28)45)38-20-7-9-21(10-8-20)42-13-11-40(5)12-14-42/h7-10,17-18H,11-16H2,1-6H3,(H,37,38,39). The highest BCUT2D eigenvalue weighted by Gasteiger charge is 2.37. The van der Waals surface area contributed by atoms with Crippen molar-refractivity contribution in [2.45, 2.75) is 33.3 Å². The lowest BCUT2D eigenvalue weighted by molar-refractivity contribution is 0.0580. The van der Waals surface area contributed by atoms with Crippen LogP contribution in [-0.4, -0.2) is 77.4 Å². The summed E-state index contributed by atoms with van der Waals surface area (Å²) in [5.41, 5.74) is -0.819. The summed E-state index contributed by atoms with van der Waals surface area (Å²) in [6.45, 7) is 9.95. The Bertz CT molecular complexity index is 1920. The van der Waals surface area contributed by atoms with Gasteiger partial charge in [-0.25, -0.2) is 22.9 Å². The molecule has 0 radical (unpaired) electrons. The number of likely N-dealkylation sites (N-methyl/N-ethyl adjacent to an activating group) is 1. The molecule has 11 nitrogen and oxygen atoms in total. The van der Waals surface area contributed by atoms with E-state index in [-0.39, 0.29) is 47.0 Å².